The lowest BCUT2D eigenvalue weighted by Crippen LogP contribution is -2.34. The summed E-state index contributed by atoms with van der Waals surface area (Å²) in [6.45, 7) is 10.1. The summed E-state index contributed by atoms with van der Waals surface area (Å²) in [6.07, 6.45) is 4.04. The molecule has 0 saturated carbocycles. The fourth-order valence-electron chi connectivity index (χ4n) is 2.87. The Labute approximate surface area is 118 Å². The van der Waals surface area contributed by atoms with Crippen LogP contribution in [0, 0.1) is 5.92 Å². The number of hydrogen-bond acceptors (Lipinski definition) is 2. The Kier molecular flexibility index (Phi) is 5.26. The van der Waals surface area contributed by atoms with Gasteiger partial charge in [0.25, 0.3) is 0 Å². The molecule has 2 nitrogen and oxygen atoms in total. The maximum Gasteiger partial charge on any atom is 0.0411 e. The second-order valence-electron chi connectivity index (χ2n) is 6.00. The molecule has 0 bridgehead atoms. The first-order valence-corrected chi connectivity index (χ1v) is 7.77. The van der Waals surface area contributed by atoms with Crippen LogP contribution in [0.25, 0.3) is 0 Å². The minimum absolute atomic E-state index is 0.541. The van der Waals surface area contributed by atoms with Gasteiger partial charge in [-0.1, -0.05) is 45.4 Å². The van der Waals surface area contributed by atoms with Crippen molar-refractivity contribution in [3.8, 4) is 0 Å². The minimum Gasteiger partial charge on any atom is -0.371 e. The number of hydrogen-bond donors (Lipinski definition) is 1. The number of benzene rings is 1. The standard InChI is InChI=1S/C17H28N2/c1-4-15-9-11-19(12-10-15)17-8-6-5-7-16(17)13-18-14(2)3/h5-8,14-15,18H,4,9-13H2,1-3H3. The van der Waals surface area contributed by atoms with Crippen LogP contribution in [0.1, 0.15) is 45.6 Å². The van der Waals surface area contributed by atoms with E-state index in [0.29, 0.717) is 6.04 Å². The highest BCUT2D eigenvalue weighted by atomic mass is 15.1. The summed E-state index contributed by atoms with van der Waals surface area (Å²) in [7, 11) is 0. The molecule has 0 atom stereocenters. The van der Waals surface area contributed by atoms with Crippen LogP contribution in [0.5, 0.6) is 0 Å². The van der Waals surface area contributed by atoms with Crippen LogP contribution in [-0.2, 0) is 6.54 Å². The Hall–Kier alpha value is -1.02. The van der Waals surface area contributed by atoms with Gasteiger partial charge in [-0.15, -0.1) is 0 Å². The van der Waals surface area contributed by atoms with Gasteiger partial charge in [0.05, 0.1) is 0 Å². The van der Waals surface area contributed by atoms with Gasteiger partial charge in [0.1, 0.15) is 0 Å². The molecule has 0 amide bonds. The van der Waals surface area contributed by atoms with Crippen LogP contribution in [0.2, 0.25) is 0 Å². The molecule has 19 heavy (non-hydrogen) atoms. The first-order valence-electron chi connectivity index (χ1n) is 7.77. The van der Waals surface area contributed by atoms with Gasteiger partial charge in [-0.3, -0.25) is 0 Å². The van der Waals surface area contributed by atoms with Gasteiger partial charge >= 0.3 is 0 Å². The van der Waals surface area contributed by atoms with Crippen LogP contribution in [0.15, 0.2) is 24.3 Å². The van der Waals surface area contributed by atoms with Gasteiger partial charge in [0, 0.05) is 31.4 Å². The van der Waals surface area contributed by atoms with E-state index in [1.165, 1.54) is 43.6 Å². The topological polar surface area (TPSA) is 15.3 Å². The second-order valence-corrected chi connectivity index (χ2v) is 6.00. The molecule has 1 aromatic carbocycles. The van der Waals surface area contributed by atoms with Crippen molar-refractivity contribution in [2.45, 2.75) is 52.6 Å². The highest BCUT2D eigenvalue weighted by Gasteiger charge is 2.19. The summed E-state index contributed by atoms with van der Waals surface area (Å²) in [4.78, 5) is 2.57. The van der Waals surface area contributed by atoms with E-state index < -0.39 is 0 Å². The highest BCUT2D eigenvalue weighted by Crippen LogP contribution is 2.27. The van der Waals surface area contributed by atoms with E-state index in [0.717, 1.165) is 12.5 Å². The van der Waals surface area contributed by atoms with Gasteiger partial charge in [-0.25, -0.2) is 0 Å². The molecule has 0 unspecified atom stereocenters. The molecule has 0 spiro atoms. The number of rotatable bonds is 5. The van der Waals surface area contributed by atoms with Crippen molar-refractivity contribution in [3.63, 3.8) is 0 Å². The number of nitrogens with one attached hydrogen (secondary N) is 1. The Bertz CT molecular complexity index is 379. The lowest BCUT2D eigenvalue weighted by atomic mass is 9.94. The van der Waals surface area contributed by atoms with Crippen molar-refractivity contribution in [2.24, 2.45) is 5.92 Å². The molecule has 1 saturated heterocycles. The van der Waals surface area contributed by atoms with E-state index in [2.05, 4.69) is 55.3 Å². The van der Waals surface area contributed by atoms with Gasteiger partial charge in [0.15, 0.2) is 0 Å². The van der Waals surface area contributed by atoms with Crippen LogP contribution in [0.3, 0.4) is 0 Å². The summed E-state index contributed by atoms with van der Waals surface area (Å²) >= 11 is 0. The third-order valence-electron chi connectivity index (χ3n) is 4.22. The summed E-state index contributed by atoms with van der Waals surface area (Å²) < 4.78 is 0. The molecule has 1 fully saturated rings. The molecular formula is C17H28N2. The number of nitrogens with zero attached hydrogens (tertiary/aromatic N) is 1. The first-order chi connectivity index (χ1) is 9.20. The van der Waals surface area contributed by atoms with E-state index in [1.807, 2.05) is 0 Å². The average molecular weight is 260 g/mol. The van der Waals surface area contributed by atoms with Crippen molar-refractivity contribution in [3.05, 3.63) is 29.8 Å². The van der Waals surface area contributed by atoms with Crippen molar-refractivity contribution in [1.29, 1.82) is 0 Å². The van der Waals surface area contributed by atoms with Crippen molar-refractivity contribution < 1.29 is 0 Å². The van der Waals surface area contributed by atoms with Gasteiger partial charge in [-0.05, 0) is 30.4 Å². The molecule has 1 aliphatic rings. The summed E-state index contributed by atoms with van der Waals surface area (Å²) in [6, 6.07) is 9.40. The summed E-state index contributed by atoms with van der Waals surface area (Å²) in [5.74, 6) is 0.942. The first kappa shape index (κ1) is 14.4. The maximum absolute atomic E-state index is 3.53. The molecule has 0 aromatic heterocycles. The van der Waals surface area contributed by atoms with Gasteiger partial charge < -0.3 is 10.2 Å². The SMILES string of the molecule is CCC1CCN(c2ccccc2CNC(C)C)CC1. The van der Waals surface area contributed by atoms with Crippen LogP contribution in [0.4, 0.5) is 5.69 Å². The molecule has 1 aromatic rings. The maximum atomic E-state index is 3.53. The zero-order valence-electron chi connectivity index (χ0n) is 12.7. The lowest BCUT2D eigenvalue weighted by molar-refractivity contribution is 0.394. The fourth-order valence-corrected chi connectivity index (χ4v) is 2.87. The van der Waals surface area contributed by atoms with Gasteiger partial charge in [-0.2, -0.15) is 0 Å². The highest BCUT2D eigenvalue weighted by molar-refractivity contribution is 5.53. The third-order valence-corrected chi connectivity index (χ3v) is 4.22. The van der Waals surface area contributed by atoms with Crippen LogP contribution < -0.4 is 10.2 Å². The predicted octanol–water partition coefficient (Wildman–Crippen LogP) is 3.81. The zero-order valence-corrected chi connectivity index (χ0v) is 12.7. The molecule has 0 radical (unpaired) electrons. The fraction of sp³-hybridized carbons (Fsp3) is 0.647. The molecule has 1 N–H and O–H groups in total. The molecule has 2 rings (SSSR count). The molecule has 1 heterocycles. The number of para-hydroxylation sites is 1. The molecular weight excluding hydrogens is 232 g/mol. The number of piperidine rings is 1. The monoisotopic (exact) mass is 260 g/mol. The smallest absolute Gasteiger partial charge is 0.0411 e. The minimum atomic E-state index is 0.541. The quantitative estimate of drug-likeness (QED) is 0.866. The van der Waals surface area contributed by atoms with Gasteiger partial charge in [0.2, 0.25) is 0 Å². The Morgan fingerprint density at radius 3 is 2.53 bits per heavy atom. The van der Waals surface area contributed by atoms with E-state index in [4.69, 9.17) is 0 Å². The predicted molar refractivity (Wildman–Crippen MR) is 83.6 cm³/mol. The van der Waals surface area contributed by atoms with E-state index in [1.54, 1.807) is 0 Å². The number of anilines is 1. The Morgan fingerprint density at radius 1 is 1.21 bits per heavy atom. The third kappa shape index (κ3) is 3.97. The zero-order chi connectivity index (χ0) is 13.7. The van der Waals surface area contributed by atoms with Crippen molar-refractivity contribution in [2.75, 3.05) is 18.0 Å². The normalized spacial score (nSPS) is 17.2. The molecule has 106 valence electrons. The molecule has 0 aliphatic carbocycles. The largest absolute Gasteiger partial charge is 0.371 e. The summed E-state index contributed by atoms with van der Waals surface area (Å²) in [5.41, 5.74) is 2.87. The molecule has 1 aliphatic heterocycles. The van der Waals surface area contributed by atoms with Crippen LogP contribution in [-0.4, -0.2) is 19.1 Å². The second kappa shape index (κ2) is 6.95. The average Bonchev–Trinajstić information content (AvgIpc) is 2.45. The lowest BCUT2D eigenvalue weighted by Gasteiger charge is -2.34. The Balaban J connectivity index is 2.03. The Morgan fingerprint density at radius 2 is 1.89 bits per heavy atom. The van der Waals surface area contributed by atoms with Crippen molar-refractivity contribution in [1.82, 2.24) is 5.32 Å². The summed E-state index contributed by atoms with van der Waals surface area (Å²) in [5, 5.41) is 3.53. The molecule has 2 heteroatoms. The van der Waals surface area contributed by atoms with E-state index >= 15 is 0 Å². The van der Waals surface area contributed by atoms with E-state index in [9.17, 15) is 0 Å². The van der Waals surface area contributed by atoms with E-state index in [-0.39, 0.29) is 0 Å². The van der Waals surface area contributed by atoms with Crippen LogP contribution >= 0.6 is 0 Å². The van der Waals surface area contributed by atoms with Crippen molar-refractivity contribution >= 4 is 5.69 Å².